The Morgan fingerprint density at radius 1 is 0.960 bits per heavy atom. The second-order valence-electron chi connectivity index (χ2n) is 16.2. The van der Waals surface area contributed by atoms with Crippen molar-refractivity contribution in [1.29, 1.82) is 0 Å². The Kier molecular flexibility index (Phi) is 11.3. The van der Waals surface area contributed by atoms with Crippen LogP contribution in [-0.2, 0) is 32.0 Å². The number of amides is 6. The first-order chi connectivity index (χ1) is 23.6. The molecule has 7 atom stereocenters. The maximum absolute atomic E-state index is 14.7. The molecule has 13 heteroatoms. The lowest BCUT2D eigenvalue weighted by molar-refractivity contribution is -0.144. The number of hydrogen-bond donors (Lipinski definition) is 6. The minimum Gasteiger partial charge on any atom is -0.447 e. The summed E-state index contributed by atoms with van der Waals surface area (Å²) in [6.07, 6.45) is 2.44. The van der Waals surface area contributed by atoms with Crippen LogP contribution in [0.1, 0.15) is 78.4 Å². The summed E-state index contributed by atoms with van der Waals surface area (Å²) in [7, 11) is 0. The quantitative estimate of drug-likeness (QED) is 0.172. The molecule has 2 saturated carbocycles. The van der Waals surface area contributed by atoms with Gasteiger partial charge in [0.15, 0.2) is 6.10 Å². The fourth-order valence-electron chi connectivity index (χ4n) is 8.22. The van der Waals surface area contributed by atoms with Gasteiger partial charge >= 0.3 is 12.1 Å². The number of nitrogens with one attached hydrogen (secondary N) is 4. The van der Waals surface area contributed by atoms with Crippen LogP contribution in [0.3, 0.4) is 0 Å². The van der Waals surface area contributed by atoms with Gasteiger partial charge in [-0.15, -0.1) is 0 Å². The molecule has 6 amide bonds. The first kappa shape index (κ1) is 37.4. The molecule has 1 aliphatic heterocycles. The van der Waals surface area contributed by atoms with Gasteiger partial charge in [0.1, 0.15) is 18.7 Å². The first-order valence-corrected chi connectivity index (χ1v) is 18.2. The van der Waals surface area contributed by atoms with Crippen LogP contribution in [0.5, 0.6) is 0 Å². The van der Waals surface area contributed by atoms with Gasteiger partial charge in [-0.3, -0.25) is 14.4 Å². The lowest BCUT2D eigenvalue weighted by atomic mass is 9.79. The van der Waals surface area contributed by atoms with Gasteiger partial charge in [-0.25, -0.2) is 9.59 Å². The van der Waals surface area contributed by atoms with Crippen LogP contribution in [0.2, 0.25) is 0 Å². The highest BCUT2D eigenvalue weighted by Gasteiger charge is 2.69. The molecule has 1 aromatic rings. The predicted molar refractivity (Wildman–Crippen MR) is 186 cm³/mol. The number of carbonyl (C=O) groups is 5. The first-order valence-electron chi connectivity index (χ1n) is 18.2. The van der Waals surface area contributed by atoms with E-state index in [2.05, 4.69) is 35.1 Å². The summed E-state index contributed by atoms with van der Waals surface area (Å²) in [5.41, 5.74) is 7.52. The minimum atomic E-state index is -1.54. The smallest absolute Gasteiger partial charge is 0.407 e. The van der Waals surface area contributed by atoms with Crippen molar-refractivity contribution in [3.8, 4) is 0 Å². The number of piperidine rings is 1. The zero-order valence-corrected chi connectivity index (χ0v) is 30.2. The Balaban J connectivity index is 1.35. The summed E-state index contributed by atoms with van der Waals surface area (Å²) >= 11 is 0. The van der Waals surface area contributed by atoms with Crippen molar-refractivity contribution in [3.05, 3.63) is 35.4 Å². The number of alkyl carbamates (subject to hydrolysis) is 1. The van der Waals surface area contributed by atoms with Crippen LogP contribution in [0.15, 0.2) is 24.3 Å². The maximum Gasteiger partial charge on any atom is 0.407 e. The van der Waals surface area contributed by atoms with Gasteiger partial charge in [-0.05, 0) is 79.2 Å². The van der Waals surface area contributed by atoms with E-state index >= 15 is 0 Å². The molecule has 3 fully saturated rings. The normalized spacial score (nSPS) is 24.7. The van der Waals surface area contributed by atoms with Crippen LogP contribution in [0.25, 0.3) is 0 Å². The third-order valence-electron chi connectivity index (χ3n) is 11.6. The summed E-state index contributed by atoms with van der Waals surface area (Å²) in [5, 5.41) is 22.2. The van der Waals surface area contributed by atoms with Crippen LogP contribution in [0, 0.1) is 35.0 Å². The van der Waals surface area contributed by atoms with Crippen molar-refractivity contribution in [2.75, 3.05) is 13.2 Å². The van der Waals surface area contributed by atoms with E-state index in [0.29, 0.717) is 25.8 Å². The fourth-order valence-corrected chi connectivity index (χ4v) is 8.22. The minimum absolute atomic E-state index is 0.0525. The maximum atomic E-state index is 14.7. The SMILES string of the molecule is CC(C)NC(=O)OC[C@@H](NC(=O)N[C@H](C(=O)N1C[C@H]2[C@@H]([C@H]1C(=O)NC(CC1CCC1)C(O)C(N)=O)C2(C)C)C1Cc2ccccc2C1)C(C)C. The number of nitrogens with zero attached hydrogens (tertiary/aromatic N) is 1. The number of benzene rings is 1. The Morgan fingerprint density at radius 2 is 1.60 bits per heavy atom. The number of nitrogens with two attached hydrogens (primary N) is 1. The number of hydrogen-bond acceptors (Lipinski definition) is 7. The van der Waals surface area contributed by atoms with E-state index in [1.165, 1.54) is 0 Å². The van der Waals surface area contributed by atoms with Crippen molar-refractivity contribution >= 4 is 29.8 Å². The number of fused-ring (bicyclic) bond motifs is 2. The fraction of sp³-hybridized carbons (Fsp3) is 0.703. The Hall–Kier alpha value is -3.87. The van der Waals surface area contributed by atoms with Crippen LogP contribution in [-0.4, -0.2) is 89.3 Å². The zero-order chi connectivity index (χ0) is 36.5. The van der Waals surface area contributed by atoms with E-state index in [9.17, 15) is 29.1 Å². The van der Waals surface area contributed by atoms with Gasteiger partial charge in [-0.1, -0.05) is 71.2 Å². The highest BCUT2D eigenvalue weighted by molar-refractivity contribution is 5.94. The van der Waals surface area contributed by atoms with E-state index in [4.69, 9.17) is 10.5 Å². The van der Waals surface area contributed by atoms with Gasteiger partial charge in [0.05, 0.1) is 12.1 Å². The molecule has 4 aliphatic rings. The summed E-state index contributed by atoms with van der Waals surface area (Å²) < 4.78 is 5.37. The Bertz CT molecular complexity index is 1420. The average molecular weight is 697 g/mol. The number of urea groups is 1. The molecule has 7 N–H and O–H groups in total. The molecular weight excluding hydrogens is 640 g/mol. The molecule has 0 aromatic heterocycles. The standard InChI is InChI=1S/C37H56N6O7/c1-19(2)27(18-50-36(49)39-20(3)4)41-35(48)42-29(24-15-22-12-7-8-13-23(22)16-24)34(47)43-17-25-28(37(25,5)6)30(43)33(46)40-26(31(44)32(38)45)14-21-10-9-11-21/h7-8,12-13,19-21,24-31,44H,9-11,14-18H2,1-6H3,(H2,38,45)(H,39,49)(H,40,46)(H2,41,42,48)/t25-,26?,27+,28-,29-,30-,31?/m0/s1. The number of ether oxygens (including phenoxy) is 1. The van der Waals surface area contributed by atoms with Crippen molar-refractivity contribution in [2.24, 2.45) is 40.7 Å². The molecular formula is C37H56N6O7. The molecule has 276 valence electrons. The molecule has 50 heavy (non-hydrogen) atoms. The number of rotatable bonds is 14. The molecule has 0 radical (unpaired) electrons. The lowest BCUT2D eigenvalue weighted by Gasteiger charge is -2.37. The molecule has 5 rings (SSSR count). The second kappa shape index (κ2) is 15.2. The van der Waals surface area contributed by atoms with E-state index in [1.54, 1.807) is 4.90 Å². The van der Waals surface area contributed by atoms with Gasteiger partial charge in [0.2, 0.25) is 17.7 Å². The molecule has 0 bridgehead atoms. The van der Waals surface area contributed by atoms with E-state index in [-0.39, 0.29) is 53.6 Å². The highest BCUT2D eigenvalue weighted by Crippen LogP contribution is 2.65. The number of primary amides is 1. The van der Waals surface area contributed by atoms with Gasteiger partial charge in [0, 0.05) is 12.6 Å². The average Bonchev–Trinajstić information content (AvgIpc) is 3.39. The summed E-state index contributed by atoms with van der Waals surface area (Å²) in [5.74, 6) is -1.76. The molecule has 1 heterocycles. The van der Waals surface area contributed by atoms with Crippen molar-refractivity contribution in [2.45, 2.75) is 116 Å². The van der Waals surface area contributed by atoms with Gasteiger partial charge in [0.25, 0.3) is 0 Å². The second-order valence-corrected chi connectivity index (χ2v) is 16.2. The zero-order valence-electron chi connectivity index (χ0n) is 30.2. The van der Waals surface area contributed by atoms with E-state index in [0.717, 1.165) is 30.4 Å². The monoisotopic (exact) mass is 696 g/mol. The number of aliphatic hydroxyl groups is 1. The van der Waals surface area contributed by atoms with Crippen LogP contribution >= 0.6 is 0 Å². The summed E-state index contributed by atoms with van der Waals surface area (Å²) in [6.45, 7) is 11.9. The number of carbonyl (C=O) groups excluding carboxylic acids is 5. The van der Waals surface area contributed by atoms with Gasteiger partial charge < -0.3 is 41.7 Å². The van der Waals surface area contributed by atoms with E-state index in [1.807, 2.05) is 52.0 Å². The third kappa shape index (κ3) is 8.19. The predicted octanol–water partition coefficient (Wildman–Crippen LogP) is 2.23. The van der Waals surface area contributed by atoms with Crippen molar-refractivity contribution < 1.29 is 33.8 Å². The Morgan fingerprint density at radius 3 is 2.14 bits per heavy atom. The number of likely N-dealkylation sites (tertiary alicyclic amines) is 1. The largest absolute Gasteiger partial charge is 0.447 e. The molecule has 1 saturated heterocycles. The molecule has 0 spiro atoms. The lowest BCUT2D eigenvalue weighted by Crippen LogP contribution is -2.61. The van der Waals surface area contributed by atoms with E-state index < -0.39 is 54.2 Å². The summed E-state index contributed by atoms with van der Waals surface area (Å²) in [4.78, 5) is 68.3. The molecule has 13 nitrogen and oxygen atoms in total. The number of aliphatic hydroxyl groups excluding tert-OH is 1. The van der Waals surface area contributed by atoms with Crippen LogP contribution in [0.4, 0.5) is 9.59 Å². The third-order valence-corrected chi connectivity index (χ3v) is 11.6. The molecule has 1 aromatic carbocycles. The van der Waals surface area contributed by atoms with Crippen molar-refractivity contribution in [3.63, 3.8) is 0 Å². The molecule has 2 unspecified atom stereocenters. The topological polar surface area (TPSA) is 192 Å². The Labute approximate surface area is 295 Å². The van der Waals surface area contributed by atoms with Gasteiger partial charge in [-0.2, -0.15) is 0 Å². The summed E-state index contributed by atoms with van der Waals surface area (Å²) in [6, 6.07) is 4.14. The molecule has 3 aliphatic carbocycles. The highest BCUT2D eigenvalue weighted by atomic mass is 16.5. The van der Waals surface area contributed by atoms with Crippen molar-refractivity contribution in [1.82, 2.24) is 26.2 Å². The van der Waals surface area contributed by atoms with Crippen LogP contribution < -0.4 is 27.0 Å².